The number of para-hydroxylation sites is 1. The van der Waals surface area contributed by atoms with E-state index < -0.39 is 5.82 Å². The summed E-state index contributed by atoms with van der Waals surface area (Å²) in [5.74, 6) is -0.295. The molecule has 1 spiro atoms. The standard InChI is InChI=1S/C23H27FN4O3/c24-18-5-1-2-6-19(18)27-22(30)28-12-9-23(10-13-28)15-17(8-14-31-23)16-26-21(29)20-7-3-4-11-25-20/h1-7,11,17H,8-10,12-16H2,(H,26,29)(H,27,30). The molecule has 4 rings (SSSR count). The molecule has 2 saturated heterocycles. The van der Waals surface area contributed by atoms with E-state index in [1.165, 1.54) is 6.07 Å². The lowest BCUT2D eigenvalue weighted by atomic mass is 9.79. The van der Waals surface area contributed by atoms with Crippen LogP contribution in [0.15, 0.2) is 48.7 Å². The van der Waals surface area contributed by atoms with E-state index in [0.717, 1.165) is 25.7 Å². The lowest BCUT2D eigenvalue weighted by Gasteiger charge is -2.46. The fourth-order valence-electron chi connectivity index (χ4n) is 4.35. The van der Waals surface area contributed by atoms with Crippen LogP contribution in [-0.4, -0.2) is 53.7 Å². The number of benzene rings is 1. The van der Waals surface area contributed by atoms with Gasteiger partial charge in [-0.3, -0.25) is 9.78 Å². The number of nitrogens with zero attached hydrogens (tertiary/aromatic N) is 2. The fraction of sp³-hybridized carbons (Fsp3) is 0.435. The highest BCUT2D eigenvalue weighted by atomic mass is 19.1. The van der Waals surface area contributed by atoms with Crippen molar-refractivity contribution in [3.05, 3.63) is 60.2 Å². The summed E-state index contributed by atoms with van der Waals surface area (Å²) in [5.41, 5.74) is 0.330. The van der Waals surface area contributed by atoms with E-state index in [2.05, 4.69) is 15.6 Å². The second-order valence-electron chi connectivity index (χ2n) is 8.21. The van der Waals surface area contributed by atoms with Gasteiger partial charge in [-0.2, -0.15) is 0 Å². The average Bonchev–Trinajstić information content (AvgIpc) is 2.80. The molecule has 0 bridgehead atoms. The Hall–Kier alpha value is -3.00. The zero-order valence-corrected chi connectivity index (χ0v) is 17.4. The smallest absolute Gasteiger partial charge is 0.321 e. The van der Waals surface area contributed by atoms with Gasteiger partial charge in [0.2, 0.25) is 0 Å². The topological polar surface area (TPSA) is 83.6 Å². The van der Waals surface area contributed by atoms with E-state index in [4.69, 9.17) is 4.74 Å². The van der Waals surface area contributed by atoms with Crippen molar-refractivity contribution in [2.45, 2.75) is 31.3 Å². The van der Waals surface area contributed by atoms with Gasteiger partial charge >= 0.3 is 6.03 Å². The van der Waals surface area contributed by atoms with Crippen molar-refractivity contribution >= 4 is 17.6 Å². The molecule has 3 heterocycles. The molecular formula is C23H27FN4O3. The van der Waals surface area contributed by atoms with Gasteiger partial charge in [0.25, 0.3) is 5.91 Å². The lowest BCUT2D eigenvalue weighted by molar-refractivity contribution is -0.122. The molecule has 3 amide bonds. The van der Waals surface area contributed by atoms with Gasteiger partial charge < -0.3 is 20.3 Å². The van der Waals surface area contributed by atoms with Crippen LogP contribution in [0.25, 0.3) is 0 Å². The minimum atomic E-state index is -0.449. The number of likely N-dealkylation sites (tertiary alicyclic amines) is 1. The highest BCUT2D eigenvalue weighted by Crippen LogP contribution is 2.37. The lowest BCUT2D eigenvalue weighted by Crippen LogP contribution is -2.52. The number of pyridine rings is 1. The number of halogens is 1. The van der Waals surface area contributed by atoms with Gasteiger partial charge in [-0.05, 0) is 55.9 Å². The maximum absolute atomic E-state index is 13.8. The SMILES string of the molecule is O=C(NCC1CCOC2(CCN(C(=O)Nc3ccccc3F)CC2)C1)c1ccccn1. The van der Waals surface area contributed by atoms with Crippen LogP contribution in [0.1, 0.15) is 36.2 Å². The van der Waals surface area contributed by atoms with Crippen LogP contribution in [0, 0.1) is 11.7 Å². The zero-order valence-electron chi connectivity index (χ0n) is 17.4. The van der Waals surface area contributed by atoms with Gasteiger partial charge in [0.1, 0.15) is 11.5 Å². The normalized spacial score (nSPS) is 20.3. The van der Waals surface area contributed by atoms with Crippen LogP contribution in [0.5, 0.6) is 0 Å². The number of carbonyl (C=O) groups is 2. The number of nitrogens with one attached hydrogen (secondary N) is 2. The quantitative estimate of drug-likeness (QED) is 0.785. The molecule has 1 atom stereocenters. The third-order valence-corrected chi connectivity index (χ3v) is 6.12. The van der Waals surface area contributed by atoms with Gasteiger partial charge in [0.05, 0.1) is 11.3 Å². The Balaban J connectivity index is 1.27. The number of rotatable bonds is 4. The highest BCUT2D eigenvalue weighted by Gasteiger charge is 2.41. The second-order valence-corrected chi connectivity index (χ2v) is 8.21. The summed E-state index contributed by atoms with van der Waals surface area (Å²) in [6.07, 6.45) is 4.79. The Morgan fingerprint density at radius 3 is 2.68 bits per heavy atom. The Morgan fingerprint density at radius 2 is 1.94 bits per heavy atom. The Kier molecular flexibility index (Phi) is 6.46. The van der Waals surface area contributed by atoms with Crippen molar-refractivity contribution in [2.24, 2.45) is 5.92 Å². The molecule has 1 unspecified atom stereocenters. The van der Waals surface area contributed by atoms with Crippen LogP contribution >= 0.6 is 0 Å². The third kappa shape index (κ3) is 5.19. The molecule has 1 aromatic carbocycles. The van der Waals surface area contributed by atoms with E-state index in [1.807, 2.05) is 0 Å². The number of anilines is 1. The van der Waals surface area contributed by atoms with E-state index in [1.54, 1.807) is 47.5 Å². The van der Waals surface area contributed by atoms with Crippen LogP contribution in [-0.2, 0) is 4.74 Å². The van der Waals surface area contributed by atoms with Gasteiger partial charge in [-0.1, -0.05) is 18.2 Å². The number of hydrogen-bond donors (Lipinski definition) is 2. The summed E-state index contributed by atoms with van der Waals surface area (Å²) in [7, 11) is 0. The molecule has 7 nitrogen and oxygen atoms in total. The van der Waals surface area contributed by atoms with E-state index >= 15 is 0 Å². The van der Waals surface area contributed by atoms with E-state index in [9.17, 15) is 14.0 Å². The van der Waals surface area contributed by atoms with Gasteiger partial charge in [-0.25, -0.2) is 9.18 Å². The van der Waals surface area contributed by atoms with Crippen molar-refractivity contribution < 1.29 is 18.7 Å². The number of amides is 3. The summed E-state index contributed by atoms with van der Waals surface area (Å²) in [6, 6.07) is 11.1. The van der Waals surface area contributed by atoms with Gasteiger partial charge in [0, 0.05) is 32.4 Å². The highest BCUT2D eigenvalue weighted by molar-refractivity contribution is 5.92. The molecule has 31 heavy (non-hydrogen) atoms. The number of hydrogen-bond acceptors (Lipinski definition) is 4. The Labute approximate surface area is 181 Å². The minimum Gasteiger partial charge on any atom is -0.375 e. The Bertz CT molecular complexity index is 916. The van der Waals surface area contributed by atoms with E-state index in [0.29, 0.717) is 37.9 Å². The first kappa shape index (κ1) is 21.2. The first-order valence-corrected chi connectivity index (χ1v) is 10.7. The van der Waals surface area contributed by atoms with Crippen LogP contribution in [0.4, 0.5) is 14.9 Å². The largest absolute Gasteiger partial charge is 0.375 e. The number of piperidine rings is 1. The number of ether oxygens (including phenoxy) is 1. The van der Waals surface area contributed by atoms with Crippen molar-refractivity contribution in [2.75, 3.05) is 31.6 Å². The Morgan fingerprint density at radius 1 is 1.16 bits per heavy atom. The average molecular weight is 426 g/mol. The molecular weight excluding hydrogens is 399 g/mol. The summed E-state index contributed by atoms with van der Waals surface area (Å²) in [5, 5.41) is 5.63. The predicted octanol–water partition coefficient (Wildman–Crippen LogP) is 3.44. The summed E-state index contributed by atoms with van der Waals surface area (Å²) in [4.78, 5) is 30.6. The second kappa shape index (κ2) is 9.43. The molecule has 0 radical (unpaired) electrons. The minimum absolute atomic E-state index is 0.166. The fourth-order valence-corrected chi connectivity index (χ4v) is 4.35. The molecule has 0 saturated carbocycles. The molecule has 2 aliphatic rings. The summed E-state index contributed by atoms with van der Waals surface area (Å²) >= 11 is 0. The molecule has 2 aromatic rings. The van der Waals surface area contributed by atoms with Gasteiger partial charge in [-0.15, -0.1) is 0 Å². The number of urea groups is 1. The monoisotopic (exact) mass is 426 g/mol. The predicted molar refractivity (Wildman–Crippen MR) is 114 cm³/mol. The third-order valence-electron chi connectivity index (χ3n) is 6.12. The maximum atomic E-state index is 13.8. The maximum Gasteiger partial charge on any atom is 0.321 e. The van der Waals surface area contributed by atoms with E-state index in [-0.39, 0.29) is 23.2 Å². The molecule has 0 aliphatic carbocycles. The van der Waals surface area contributed by atoms with Gasteiger partial charge in [0.15, 0.2) is 0 Å². The van der Waals surface area contributed by atoms with Crippen molar-refractivity contribution in [1.29, 1.82) is 0 Å². The summed E-state index contributed by atoms with van der Waals surface area (Å²) in [6.45, 7) is 2.32. The number of carbonyl (C=O) groups excluding carboxylic acids is 2. The molecule has 8 heteroatoms. The summed E-state index contributed by atoms with van der Waals surface area (Å²) < 4.78 is 19.9. The molecule has 2 N–H and O–H groups in total. The molecule has 2 fully saturated rings. The zero-order chi connectivity index (χ0) is 21.7. The van der Waals surface area contributed by atoms with Crippen molar-refractivity contribution in [3.8, 4) is 0 Å². The number of aromatic nitrogens is 1. The first-order chi connectivity index (χ1) is 15.0. The van der Waals surface area contributed by atoms with Crippen molar-refractivity contribution in [3.63, 3.8) is 0 Å². The molecule has 164 valence electrons. The molecule has 1 aromatic heterocycles. The van der Waals surface area contributed by atoms with Crippen molar-refractivity contribution in [1.82, 2.24) is 15.2 Å². The molecule has 2 aliphatic heterocycles. The van der Waals surface area contributed by atoms with Crippen LogP contribution in [0.2, 0.25) is 0 Å². The van der Waals surface area contributed by atoms with Crippen LogP contribution < -0.4 is 10.6 Å². The first-order valence-electron chi connectivity index (χ1n) is 10.7. The van der Waals surface area contributed by atoms with Crippen LogP contribution in [0.3, 0.4) is 0 Å².